The van der Waals surface area contributed by atoms with Gasteiger partial charge in [-0.25, -0.2) is 9.78 Å². The van der Waals surface area contributed by atoms with Crippen molar-refractivity contribution in [1.29, 1.82) is 0 Å². The number of fused-ring (bicyclic) bond motifs is 1. The first-order valence-electron chi connectivity index (χ1n) is 8.92. The van der Waals surface area contributed by atoms with Crippen LogP contribution >= 0.6 is 0 Å². The second-order valence-electron chi connectivity index (χ2n) is 7.18. The van der Waals surface area contributed by atoms with Gasteiger partial charge in [0.05, 0.1) is 11.0 Å². The molecule has 2 aromatic rings. The molecule has 0 saturated carbocycles. The summed E-state index contributed by atoms with van der Waals surface area (Å²) in [5.41, 5.74) is 1.56. The molecule has 0 radical (unpaired) electrons. The SMILES string of the molecule is Cc1nc2ccccc2n1CCCNC(=O)CCNC(=O)OC(C)(C)C. The summed E-state index contributed by atoms with van der Waals surface area (Å²) in [4.78, 5) is 27.9. The van der Waals surface area contributed by atoms with E-state index in [2.05, 4.69) is 26.3 Å². The monoisotopic (exact) mass is 360 g/mol. The number of hydrogen-bond donors (Lipinski definition) is 2. The number of nitrogens with one attached hydrogen (secondary N) is 2. The maximum Gasteiger partial charge on any atom is 0.407 e. The van der Waals surface area contributed by atoms with Crippen LogP contribution in [0.3, 0.4) is 0 Å². The summed E-state index contributed by atoms with van der Waals surface area (Å²) in [6.45, 7) is 9.01. The zero-order chi connectivity index (χ0) is 19.2. The van der Waals surface area contributed by atoms with E-state index >= 15 is 0 Å². The molecule has 7 heteroatoms. The van der Waals surface area contributed by atoms with Crippen LogP contribution in [0, 0.1) is 6.92 Å². The van der Waals surface area contributed by atoms with E-state index in [9.17, 15) is 9.59 Å². The summed E-state index contributed by atoms with van der Waals surface area (Å²) in [6, 6.07) is 8.03. The lowest BCUT2D eigenvalue weighted by atomic mass is 10.2. The van der Waals surface area contributed by atoms with E-state index in [4.69, 9.17) is 4.74 Å². The van der Waals surface area contributed by atoms with E-state index in [1.807, 2.05) is 25.1 Å². The Hall–Kier alpha value is -2.57. The van der Waals surface area contributed by atoms with Crippen molar-refractivity contribution < 1.29 is 14.3 Å². The van der Waals surface area contributed by atoms with Gasteiger partial charge in [-0.05, 0) is 46.2 Å². The van der Waals surface area contributed by atoms with Crippen molar-refractivity contribution in [2.24, 2.45) is 0 Å². The number of aryl methyl sites for hydroxylation is 2. The third-order valence-electron chi connectivity index (χ3n) is 3.75. The average Bonchev–Trinajstić information content (AvgIpc) is 2.85. The summed E-state index contributed by atoms with van der Waals surface area (Å²) in [6.07, 6.45) is 0.534. The maximum absolute atomic E-state index is 11.8. The molecule has 0 aliphatic rings. The molecule has 0 fully saturated rings. The van der Waals surface area contributed by atoms with Gasteiger partial charge in [-0.1, -0.05) is 12.1 Å². The van der Waals surface area contributed by atoms with Gasteiger partial charge in [0.2, 0.25) is 5.91 Å². The van der Waals surface area contributed by atoms with Crippen molar-refractivity contribution >= 4 is 23.0 Å². The molecule has 2 rings (SSSR count). The molecule has 1 aromatic heterocycles. The lowest BCUT2D eigenvalue weighted by molar-refractivity contribution is -0.120. The predicted octanol–water partition coefficient (Wildman–Crippen LogP) is 2.77. The number of imidazole rings is 1. The first-order chi connectivity index (χ1) is 12.3. The molecule has 0 saturated heterocycles. The minimum atomic E-state index is -0.540. The van der Waals surface area contributed by atoms with Crippen LogP contribution in [-0.2, 0) is 16.1 Å². The third-order valence-corrected chi connectivity index (χ3v) is 3.75. The van der Waals surface area contributed by atoms with Gasteiger partial charge in [0, 0.05) is 26.1 Å². The molecule has 0 atom stereocenters. The summed E-state index contributed by atoms with van der Waals surface area (Å²) in [5, 5.41) is 5.45. The second-order valence-corrected chi connectivity index (χ2v) is 7.18. The Morgan fingerprint density at radius 3 is 2.62 bits per heavy atom. The molecule has 1 heterocycles. The van der Waals surface area contributed by atoms with Crippen LogP contribution < -0.4 is 10.6 Å². The van der Waals surface area contributed by atoms with E-state index in [-0.39, 0.29) is 18.9 Å². The Morgan fingerprint density at radius 2 is 1.88 bits per heavy atom. The molecule has 0 aliphatic heterocycles. The standard InChI is InChI=1S/C19H28N4O3/c1-14-22-15-8-5-6-9-16(15)23(14)13-7-11-20-17(24)10-12-21-18(25)26-19(2,3)4/h5-6,8-9H,7,10-13H2,1-4H3,(H,20,24)(H,21,25). The van der Waals surface area contributed by atoms with Crippen LogP contribution in [0.1, 0.15) is 39.4 Å². The number of amides is 2. The Labute approximate surface area is 154 Å². The van der Waals surface area contributed by atoms with Crippen LogP contribution in [0.25, 0.3) is 11.0 Å². The Kier molecular flexibility index (Phi) is 6.60. The molecule has 0 spiro atoms. The van der Waals surface area contributed by atoms with Gasteiger partial charge < -0.3 is 19.9 Å². The van der Waals surface area contributed by atoms with Gasteiger partial charge in [0.25, 0.3) is 0 Å². The highest BCUT2D eigenvalue weighted by Crippen LogP contribution is 2.15. The van der Waals surface area contributed by atoms with Gasteiger partial charge in [-0.3, -0.25) is 4.79 Å². The molecular formula is C19H28N4O3. The van der Waals surface area contributed by atoms with E-state index in [1.54, 1.807) is 20.8 Å². The van der Waals surface area contributed by atoms with Crippen molar-refractivity contribution in [3.8, 4) is 0 Å². The Bertz CT molecular complexity index is 762. The second kappa shape index (κ2) is 8.69. The number of ether oxygens (including phenoxy) is 1. The van der Waals surface area contributed by atoms with Crippen LogP contribution in [0.15, 0.2) is 24.3 Å². The summed E-state index contributed by atoms with van der Waals surface area (Å²) < 4.78 is 7.27. The molecular weight excluding hydrogens is 332 g/mol. The van der Waals surface area contributed by atoms with Crippen molar-refractivity contribution in [2.45, 2.75) is 52.7 Å². The lowest BCUT2D eigenvalue weighted by Gasteiger charge is -2.19. The summed E-state index contributed by atoms with van der Waals surface area (Å²) >= 11 is 0. The number of aromatic nitrogens is 2. The van der Waals surface area contributed by atoms with E-state index in [0.29, 0.717) is 6.54 Å². The number of rotatable bonds is 7. The molecule has 26 heavy (non-hydrogen) atoms. The van der Waals surface area contributed by atoms with E-state index in [0.717, 1.165) is 29.8 Å². The fraction of sp³-hybridized carbons (Fsp3) is 0.526. The highest BCUT2D eigenvalue weighted by molar-refractivity contribution is 5.77. The van der Waals surface area contributed by atoms with Crippen molar-refractivity contribution in [3.05, 3.63) is 30.1 Å². The number of carbonyl (C=O) groups excluding carboxylic acids is 2. The molecule has 2 N–H and O–H groups in total. The van der Waals surface area contributed by atoms with Gasteiger partial charge in [0.1, 0.15) is 11.4 Å². The number of benzene rings is 1. The first kappa shape index (κ1) is 19.8. The van der Waals surface area contributed by atoms with Gasteiger partial charge >= 0.3 is 6.09 Å². The molecule has 142 valence electrons. The number of hydrogen-bond acceptors (Lipinski definition) is 4. The Balaban J connectivity index is 1.66. The van der Waals surface area contributed by atoms with E-state index in [1.165, 1.54) is 0 Å². The lowest BCUT2D eigenvalue weighted by Crippen LogP contribution is -2.35. The number of para-hydroxylation sites is 2. The fourth-order valence-electron chi connectivity index (χ4n) is 2.62. The summed E-state index contributed by atoms with van der Waals surface area (Å²) in [5.74, 6) is 0.882. The van der Waals surface area contributed by atoms with E-state index < -0.39 is 11.7 Å². The highest BCUT2D eigenvalue weighted by Gasteiger charge is 2.15. The van der Waals surface area contributed by atoms with Gasteiger partial charge in [-0.15, -0.1) is 0 Å². The van der Waals surface area contributed by atoms with Crippen molar-refractivity contribution in [1.82, 2.24) is 20.2 Å². The molecule has 0 unspecified atom stereocenters. The van der Waals surface area contributed by atoms with Crippen LogP contribution in [0.2, 0.25) is 0 Å². The molecule has 2 amide bonds. The maximum atomic E-state index is 11.8. The highest BCUT2D eigenvalue weighted by atomic mass is 16.6. The number of alkyl carbamates (subject to hydrolysis) is 1. The van der Waals surface area contributed by atoms with Crippen molar-refractivity contribution in [2.75, 3.05) is 13.1 Å². The molecule has 0 aliphatic carbocycles. The van der Waals surface area contributed by atoms with Crippen LogP contribution in [-0.4, -0.2) is 40.2 Å². The smallest absolute Gasteiger partial charge is 0.407 e. The topological polar surface area (TPSA) is 85.3 Å². The van der Waals surface area contributed by atoms with Gasteiger partial charge in [-0.2, -0.15) is 0 Å². The number of carbonyl (C=O) groups is 2. The minimum absolute atomic E-state index is 0.0896. The summed E-state index contributed by atoms with van der Waals surface area (Å²) in [7, 11) is 0. The molecule has 1 aromatic carbocycles. The molecule has 7 nitrogen and oxygen atoms in total. The molecule has 0 bridgehead atoms. The normalized spacial score (nSPS) is 11.4. The minimum Gasteiger partial charge on any atom is -0.444 e. The zero-order valence-corrected chi connectivity index (χ0v) is 16.0. The van der Waals surface area contributed by atoms with Crippen LogP contribution in [0.5, 0.6) is 0 Å². The number of nitrogens with zero attached hydrogens (tertiary/aromatic N) is 2. The quantitative estimate of drug-likeness (QED) is 0.744. The third kappa shape index (κ3) is 6.06. The zero-order valence-electron chi connectivity index (χ0n) is 16.0. The first-order valence-corrected chi connectivity index (χ1v) is 8.92. The fourth-order valence-corrected chi connectivity index (χ4v) is 2.62. The largest absolute Gasteiger partial charge is 0.444 e. The van der Waals surface area contributed by atoms with Crippen LogP contribution in [0.4, 0.5) is 4.79 Å². The Morgan fingerprint density at radius 1 is 1.15 bits per heavy atom. The van der Waals surface area contributed by atoms with Crippen molar-refractivity contribution in [3.63, 3.8) is 0 Å². The predicted molar refractivity (Wildman–Crippen MR) is 101 cm³/mol. The average molecular weight is 360 g/mol. The van der Waals surface area contributed by atoms with Gasteiger partial charge in [0.15, 0.2) is 0 Å².